The van der Waals surface area contributed by atoms with Gasteiger partial charge in [-0.15, -0.1) is 0 Å². The van der Waals surface area contributed by atoms with Crippen LogP contribution in [0.3, 0.4) is 0 Å². The van der Waals surface area contributed by atoms with Crippen molar-refractivity contribution in [1.29, 1.82) is 0 Å². The van der Waals surface area contributed by atoms with Crippen LogP contribution < -0.4 is 27.4 Å². The molecule has 4 unspecified atom stereocenters. The van der Waals surface area contributed by atoms with Gasteiger partial charge >= 0.3 is 11.9 Å². The third-order valence-corrected chi connectivity index (χ3v) is 4.53. The molecule has 0 aromatic carbocycles. The van der Waals surface area contributed by atoms with Crippen LogP contribution >= 0.6 is 0 Å². The molecule has 0 heterocycles. The predicted molar refractivity (Wildman–Crippen MR) is 112 cm³/mol. The van der Waals surface area contributed by atoms with Crippen LogP contribution in [0.15, 0.2) is 0 Å². The van der Waals surface area contributed by atoms with E-state index in [1.807, 2.05) is 0 Å². The zero-order valence-electron chi connectivity index (χ0n) is 18.6. The molecule has 0 rings (SSSR count). The number of carboxylic acids is 2. The van der Waals surface area contributed by atoms with E-state index >= 15 is 0 Å². The van der Waals surface area contributed by atoms with Crippen molar-refractivity contribution in [2.45, 2.75) is 71.1 Å². The van der Waals surface area contributed by atoms with Gasteiger partial charge < -0.3 is 37.6 Å². The summed E-state index contributed by atoms with van der Waals surface area (Å²) in [7, 11) is 0. The molecule has 0 fully saturated rings. The summed E-state index contributed by atoms with van der Waals surface area (Å²) in [6.07, 6.45) is -1.08. The third kappa shape index (κ3) is 10.2. The molecule has 32 heavy (non-hydrogen) atoms. The Kier molecular flexibility index (Phi) is 11.9. The molecule has 0 bridgehead atoms. The molecule has 13 heteroatoms. The van der Waals surface area contributed by atoms with E-state index < -0.39 is 78.0 Å². The van der Waals surface area contributed by atoms with Gasteiger partial charge in [-0.1, -0.05) is 27.7 Å². The molecular weight excluding hydrogens is 426 g/mol. The first-order valence-electron chi connectivity index (χ1n) is 10.1. The maximum atomic E-state index is 12.7. The molecule has 4 amide bonds. The number of carboxylic acid groups (broad SMARTS) is 2. The van der Waals surface area contributed by atoms with Crippen molar-refractivity contribution in [2.24, 2.45) is 23.3 Å². The molecule has 182 valence electrons. The van der Waals surface area contributed by atoms with Crippen LogP contribution in [0.1, 0.15) is 47.0 Å². The summed E-state index contributed by atoms with van der Waals surface area (Å²) in [6, 6.07) is -5.16. The average molecular weight is 460 g/mol. The van der Waals surface area contributed by atoms with Crippen molar-refractivity contribution in [1.82, 2.24) is 16.0 Å². The molecule has 0 saturated heterocycles. The summed E-state index contributed by atoms with van der Waals surface area (Å²) in [5.74, 6) is -6.85. The minimum absolute atomic E-state index is 0.106. The van der Waals surface area contributed by atoms with Crippen molar-refractivity contribution < 1.29 is 39.0 Å². The standard InChI is InChI=1S/C19H33N5O8/c1-8(2)14(18(30)24-15(9(3)4)19(31)32)23-17(29)11(7-13(26)27)22-16(28)10(20)5-6-12(21)25/h8-11,14-15H,5-7,20H2,1-4H3,(H2,21,25)(H,22,28)(H,23,29)(H,24,30)(H,26,27)(H,31,32). The van der Waals surface area contributed by atoms with Crippen LogP contribution in [-0.4, -0.2) is 69.9 Å². The van der Waals surface area contributed by atoms with Crippen molar-refractivity contribution >= 4 is 35.6 Å². The highest BCUT2D eigenvalue weighted by molar-refractivity contribution is 5.95. The second kappa shape index (κ2) is 13.2. The lowest BCUT2D eigenvalue weighted by Gasteiger charge is -2.27. The molecule has 0 aliphatic carbocycles. The van der Waals surface area contributed by atoms with Gasteiger partial charge in [0.2, 0.25) is 23.6 Å². The maximum absolute atomic E-state index is 12.7. The number of carbonyl (C=O) groups is 6. The number of nitrogens with two attached hydrogens (primary N) is 2. The Morgan fingerprint density at radius 1 is 0.781 bits per heavy atom. The zero-order valence-corrected chi connectivity index (χ0v) is 18.6. The first-order chi connectivity index (χ1) is 14.7. The summed E-state index contributed by atoms with van der Waals surface area (Å²) in [4.78, 5) is 70.8. The van der Waals surface area contributed by atoms with E-state index in [4.69, 9.17) is 16.6 Å². The zero-order chi connectivity index (χ0) is 25.2. The Morgan fingerprint density at radius 3 is 1.69 bits per heavy atom. The SMILES string of the molecule is CC(C)C(NC(=O)C(NC(=O)C(CC(=O)O)NC(=O)C(N)CCC(N)=O)C(C)C)C(=O)O. The van der Waals surface area contributed by atoms with Crippen molar-refractivity contribution in [3.63, 3.8) is 0 Å². The molecule has 0 aromatic heterocycles. The first kappa shape index (κ1) is 28.8. The summed E-state index contributed by atoms with van der Waals surface area (Å²) in [5, 5.41) is 25.2. The first-order valence-corrected chi connectivity index (χ1v) is 10.1. The molecule has 0 saturated carbocycles. The number of hydrogen-bond donors (Lipinski definition) is 7. The second-order valence-corrected chi connectivity index (χ2v) is 8.07. The van der Waals surface area contributed by atoms with Gasteiger partial charge in [0.25, 0.3) is 0 Å². The Balaban J connectivity index is 5.41. The highest BCUT2D eigenvalue weighted by atomic mass is 16.4. The van der Waals surface area contributed by atoms with Crippen LogP contribution in [-0.2, 0) is 28.8 Å². The number of hydrogen-bond acceptors (Lipinski definition) is 7. The van der Waals surface area contributed by atoms with Gasteiger partial charge in [0.15, 0.2) is 0 Å². The van der Waals surface area contributed by atoms with Crippen molar-refractivity contribution in [3.8, 4) is 0 Å². The lowest BCUT2D eigenvalue weighted by atomic mass is 9.99. The highest BCUT2D eigenvalue weighted by Gasteiger charge is 2.33. The molecule has 0 radical (unpaired) electrons. The molecule has 0 spiro atoms. The van der Waals surface area contributed by atoms with Crippen LogP contribution in [0.4, 0.5) is 0 Å². The Bertz CT molecular complexity index is 725. The topological polar surface area (TPSA) is 231 Å². The van der Waals surface area contributed by atoms with Crippen LogP contribution in [0, 0.1) is 11.8 Å². The summed E-state index contributed by atoms with van der Waals surface area (Å²) < 4.78 is 0. The van der Waals surface area contributed by atoms with Gasteiger partial charge in [0.1, 0.15) is 18.1 Å². The number of amides is 4. The van der Waals surface area contributed by atoms with Crippen molar-refractivity contribution in [2.75, 3.05) is 0 Å². The summed E-state index contributed by atoms with van der Waals surface area (Å²) in [5.41, 5.74) is 10.6. The Labute approximate surface area is 185 Å². The van der Waals surface area contributed by atoms with Gasteiger partial charge in [-0.05, 0) is 18.3 Å². The Hall–Kier alpha value is -3.22. The van der Waals surface area contributed by atoms with E-state index in [1.54, 1.807) is 27.7 Å². The van der Waals surface area contributed by atoms with Crippen LogP contribution in [0.25, 0.3) is 0 Å². The smallest absolute Gasteiger partial charge is 0.326 e. The highest BCUT2D eigenvalue weighted by Crippen LogP contribution is 2.08. The van der Waals surface area contributed by atoms with Crippen molar-refractivity contribution in [3.05, 3.63) is 0 Å². The van der Waals surface area contributed by atoms with Gasteiger partial charge in [-0.25, -0.2) is 4.79 Å². The van der Waals surface area contributed by atoms with E-state index in [0.717, 1.165) is 0 Å². The average Bonchev–Trinajstić information content (AvgIpc) is 2.65. The van der Waals surface area contributed by atoms with Gasteiger partial charge in [-0.2, -0.15) is 0 Å². The summed E-state index contributed by atoms with van der Waals surface area (Å²) in [6.45, 7) is 6.39. The van der Waals surface area contributed by atoms with E-state index in [-0.39, 0.29) is 12.8 Å². The summed E-state index contributed by atoms with van der Waals surface area (Å²) >= 11 is 0. The second-order valence-electron chi connectivity index (χ2n) is 8.07. The molecule has 0 aliphatic rings. The van der Waals surface area contributed by atoms with Crippen LogP contribution in [0.5, 0.6) is 0 Å². The fourth-order valence-corrected chi connectivity index (χ4v) is 2.64. The number of carbonyl (C=O) groups excluding carboxylic acids is 4. The largest absolute Gasteiger partial charge is 0.481 e. The van der Waals surface area contributed by atoms with Gasteiger partial charge in [-0.3, -0.25) is 24.0 Å². The molecule has 9 N–H and O–H groups in total. The Morgan fingerprint density at radius 2 is 1.28 bits per heavy atom. The van der Waals surface area contributed by atoms with Gasteiger partial charge in [0.05, 0.1) is 12.5 Å². The molecule has 13 nitrogen and oxygen atoms in total. The predicted octanol–water partition coefficient (Wildman–Crippen LogP) is -2.10. The minimum Gasteiger partial charge on any atom is -0.481 e. The number of aliphatic carboxylic acids is 2. The molecule has 0 aromatic rings. The normalized spacial score (nSPS) is 14.7. The van der Waals surface area contributed by atoms with E-state index in [0.29, 0.717) is 0 Å². The third-order valence-electron chi connectivity index (χ3n) is 4.53. The maximum Gasteiger partial charge on any atom is 0.326 e. The van der Waals surface area contributed by atoms with Gasteiger partial charge in [0, 0.05) is 6.42 Å². The minimum atomic E-state index is -1.56. The van der Waals surface area contributed by atoms with E-state index in [9.17, 15) is 33.9 Å². The number of primary amides is 1. The fourth-order valence-electron chi connectivity index (χ4n) is 2.64. The van der Waals surface area contributed by atoms with E-state index in [1.165, 1.54) is 0 Å². The quantitative estimate of drug-likeness (QED) is 0.151. The van der Waals surface area contributed by atoms with Crippen LogP contribution in [0.2, 0.25) is 0 Å². The molecular formula is C19H33N5O8. The molecule has 4 atom stereocenters. The number of nitrogens with one attached hydrogen (secondary N) is 3. The fraction of sp³-hybridized carbons (Fsp3) is 0.684. The number of rotatable bonds is 14. The molecule has 0 aliphatic heterocycles. The van der Waals surface area contributed by atoms with E-state index in [2.05, 4.69) is 16.0 Å². The monoisotopic (exact) mass is 459 g/mol. The lowest BCUT2D eigenvalue weighted by Crippen LogP contribution is -2.59. The lowest BCUT2D eigenvalue weighted by molar-refractivity contribution is -0.144.